The van der Waals surface area contributed by atoms with Crippen LogP contribution in [0.15, 0.2) is 30.7 Å². The van der Waals surface area contributed by atoms with Gasteiger partial charge in [-0.1, -0.05) is 6.07 Å². The largest absolute Gasteiger partial charge is 0.346 e. The van der Waals surface area contributed by atoms with Gasteiger partial charge in [0.2, 0.25) is 5.91 Å². The van der Waals surface area contributed by atoms with E-state index in [1.165, 1.54) is 0 Å². The molecule has 2 heterocycles. The van der Waals surface area contributed by atoms with Crippen LogP contribution >= 0.6 is 0 Å². The van der Waals surface area contributed by atoms with E-state index in [0.717, 1.165) is 29.9 Å². The van der Waals surface area contributed by atoms with Crippen molar-refractivity contribution in [2.45, 2.75) is 39.3 Å². The van der Waals surface area contributed by atoms with Crippen LogP contribution in [0.5, 0.6) is 0 Å². The second-order valence-electron chi connectivity index (χ2n) is 5.69. The van der Waals surface area contributed by atoms with Crippen LogP contribution in [0.3, 0.4) is 0 Å². The van der Waals surface area contributed by atoms with Crippen molar-refractivity contribution in [3.05, 3.63) is 47.8 Å². The third kappa shape index (κ3) is 3.12. The Morgan fingerprint density at radius 1 is 1.38 bits per heavy atom. The number of nitrogens with one attached hydrogen (secondary N) is 1. The topological polar surface area (TPSA) is 59.8 Å². The van der Waals surface area contributed by atoms with Crippen molar-refractivity contribution in [1.82, 2.24) is 19.9 Å². The van der Waals surface area contributed by atoms with E-state index in [1.54, 1.807) is 12.4 Å². The van der Waals surface area contributed by atoms with Crippen LogP contribution in [0.25, 0.3) is 0 Å². The van der Waals surface area contributed by atoms with Crippen molar-refractivity contribution >= 4 is 5.91 Å². The summed E-state index contributed by atoms with van der Waals surface area (Å²) in [7, 11) is 0. The SMILES string of the molecule is Cc1cccnc1C(NC(=O)Cn1ccnc1C)C1CC1. The smallest absolute Gasteiger partial charge is 0.240 e. The molecular formula is C16H20N4O. The second-order valence-corrected chi connectivity index (χ2v) is 5.69. The lowest BCUT2D eigenvalue weighted by molar-refractivity contribution is -0.122. The van der Waals surface area contributed by atoms with Gasteiger partial charge >= 0.3 is 0 Å². The Bertz CT molecular complexity index is 645. The minimum absolute atomic E-state index is 0.0121. The minimum atomic E-state index is 0.0121. The average Bonchev–Trinajstić information content (AvgIpc) is 3.22. The van der Waals surface area contributed by atoms with Gasteiger partial charge in [0.15, 0.2) is 0 Å². The van der Waals surface area contributed by atoms with Gasteiger partial charge in [0.1, 0.15) is 12.4 Å². The number of carbonyl (C=O) groups excluding carboxylic acids is 1. The molecule has 0 radical (unpaired) electrons. The number of nitrogens with zero attached hydrogens (tertiary/aromatic N) is 3. The highest BCUT2D eigenvalue weighted by atomic mass is 16.2. The molecule has 0 aromatic carbocycles. The Morgan fingerprint density at radius 3 is 2.81 bits per heavy atom. The third-order valence-corrected chi connectivity index (χ3v) is 3.99. The summed E-state index contributed by atoms with van der Waals surface area (Å²) in [6.45, 7) is 4.25. The zero-order chi connectivity index (χ0) is 14.8. The Kier molecular flexibility index (Phi) is 3.73. The Hall–Kier alpha value is -2.17. The van der Waals surface area contributed by atoms with Gasteiger partial charge in [-0.15, -0.1) is 0 Å². The van der Waals surface area contributed by atoms with Crippen LogP contribution in [-0.2, 0) is 11.3 Å². The Balaban J connectivity index is 1.73. The standard InChI is InChI=1S/C16H20N4O/c1-11-4-3-7-18-15(11)16(13-5-6-13)19-14(21)10-20-9-8-17-12(20)2/h3-4,7-9,13,16H,5-6,10H2,1-2H3,(H,19,21). The Labute approximate surface area is 124 Å². The molecule has 1 atom stereocenters. The van der Waals surface area contributed by atoms with Gasteiger partial charge in [-0.3, -0.25) is 9.78 Å². The zero-order valence-electron chi connectivity index (χ0n) is 12.4. The maximum atomic E-state index is 12.3. The highest BCUT2D eigenvalue weighted by Gasteiger charge is 2.35. The number of pyridine rings is 1. The third-order valence-electron chi connectivity index (χ3n) is 3.99. The summed E-state index contributed by atoms with van der Waals surface area (Å²) >= 11 is 0. The maximum absolute atomic E-state index is 12.3. The number of rotatable bonds is 5. The molecule has 5 heteroatoms. The molecule has 1 unspecified atom stereocenters. The molecule has 21 heavy (non-hydrogen) atoms. The minimum Gasteiger partial charge on any atom is -0.346 e. The van der Waals surface area contributed by atoms with Gasteiger partial charge in [-0.05, 0) is 44.2 Å². The number of hydrogen-bond acceptors (Lipinski definition) is 3. The second kappa shape index (κ2) is 5.68. The van der Waals surface area contributed by atoms with Crippen molar-refractivity contribution < 1.29 is 4.79 Å². The number of carbonyl (C=O) groups is 1. The van der Waals surface area contributed by atoms with E-state index in [1.807, 2.05) is 36.7 Å². The molecule has 1 aliphatic rings. The quantitative estimate of drug-likeness (QED) is 0.915. The molecule has 1 saturated carbocycles. The number of hydrogen-bond donors (Lipinski definition) is 1. The van der Waals surface area contributed by atoms with Gasteiger partial charge in [0.25, 0.3) is 0 Å². The van der Waals surface area contributed by atoms with Crippen LogP contribution in [0.2, 0.25) is 0 Å². The summed E-state index contributed by atoms with van der Waals surface area (Å²) in [5.74, 6) is 1.38. The Morgan fingerprint density at radius 2 is 2.19 bits per heavy atom. The lowest BCUT2D eigenvalue weighted by atomic mass is 10.0. The van der Waals surface area contributed by atoms with Gasteiger partial charge in [0.05, 0.1) is 11.7 Å². The normalized spacial score (nSPS) is 15.7. The van der Waals surface area contributed by atoms with Gasteiger partial charge in [-0.25, -0.2) is 4.98 Å². The van der Waals surface area contributed by atoms with E-state index in [0.29, 0.717) is 12.5 Å². The van der Waals surface area contributed by atoms with Crippen LogP contribution < -0.4 is 5.32 Å². The van der Waals surface area contributed by atoms with E-state index in [9.17, 15) is 4.79 Å². The fourth-order valence-electron chi connectivity index (χ4n) is 2.61. The molecule has 5 nitrogen and oxygen atoms in total. The molecule has 1 aliphatic carbocycles. The first-order chi connectivity index (χ1) is 10.1. The lowest BCUT2D eigenvalue weighted by Crippen LogP contribution is -2.33. The fraction of sp³-hybridized carbons (Fsp3) is 0.438. The van der Waals surface area contributed by atoms with Crippen molar-refractivity contribution in [3.8, 4) is 0 Å². The fourth-order valence-corrected chi connectivity index (χ4v) is 2.61. The summed E-state index contributed by atoms with van der Waals surface area (Å²) in [6.07, 6.45) is 7.65. The van der Waals surface area contributed by atoms with E-state index < -0.39 is 0 Å². The molecule has 0 saturated heterocycles. The van der Waals surface area contributed by atoms with E-state index in [-0.39, 0.29) is 11.9 Å². The van der Waals surface area contributed by atoms with Crippen molar-refractivity contribution in [2.75, 3.05) is 0 Å². The van der Waals surface area contributed by atoms with Gasteiger partial charge in [0, 0.05) is 18.6 Å². The van der Waals surface area contributed by atoms with Crippen LogP contribution in [-0.4, -0.2) is 20.4 Å². The molecule has 1 amide bonds. The van der Waals surface area contributed by atoms with Crippen molar-refractivity contribution in [2.24, 2.45) is 5.92 Å². The number of amides is 1. The van der Waals surface area contributed by atoms with Gasteiger partial charge < -0.3 is 9.88 Å². The van der Waals surface area contributed by atoms with E-state index >= 15 is 0 Å². The first-order valence-corrected chi connectivity index (χ1v) is 7.34. The molecule has 3 rings (SSSR count). The van der Waals surface area contributed by atoms with Crippen LogP contribution in [0.4, 0.5) is 0 Å². The first kappa shape index (κ1) is 13.8. The number of aryl methyl sites for hydroxylation is 2. The number of aromatic nitrogens is 3. The van der Waals surface area contributed by atoms with Crippen molar-refractivity contribution in [3.63, 3.8) is 0 Å². The molecule has 0 bridgehead atoms. The number of imidazole rings is 1. The predicted molar refractivity (Wildman–Crippen MR) is 79.5 cm³/mol. The molecule has 1 fully saturated rings. The summed E-state index contributed by atoms with van der Waals surface area (Å²) in [5, 5.41) is 3.15. The summed E-state index contributed by atoms with van der Waals surface area (Å²) in [5.41, 5.74) is 2.13. The molecular weight excluding hydrogens is 264 g/mol. The van der Waals surface area contributed by atoms with Crippen LogP contribution in [0.1, 0.15) is 36.0 Å². The molecule has 2 aromatic rings. The first-order valence-electron chi connectivity index (χ1n) is 7.34. The zero-order valence-corrected chi connectivity index (χ0v) is 12.4. The average molecular weight is 284 g/mol. The lowest BCUT2D eigenvalue weighted by Gasteiger charge is -2.20. The molecule has 110 valence electrons. The van der Waals surface area contributed by atoms with Gasteiger partial charge in [-0.2, -0.15) is 0 Å². The molecule has 2 aromatic heterocycles. The molecule has 0 spiro atoms. The summed E-state index contributed by atoms with van der Waals surface area (Å²) < 4.78 is 1.85. The predicted octanol–water partition coefficient (Wildman–Crippen LogP) is 2.16. The summed E-state index contributed by atoms with van der Waals surface area (Å²) in [6, 6.07) is 4.01. The van der Waals surface area contributed by atoms with Crippen molar-refractivity contribution in [1.29, 1.82) is 0 Å². The highest BCUT2D eigenvalue weighted by Crippen LogP contribution is 2.41. The van der Waals surface area contributed by atoms with E-state index in [2.05, 4.69) is 15.3 Å². The molecule has 1 N–H and O–H groups in total. The summed E-state index contributed by atoms with van der Waals surface area (Å²) in [4.78, 5) is 20.9. The molecule has 0 aliphatic heterocycles. The van der Waals surface area contributed by atoms with E-state index in [4.69, 9.17) is 0 Å². The monoisotopic (exact) mass is 284 g/mol. The maximum Gasteiger partial charge on any atom is 0.240 e. The highest BCUT2D eigenvalue weighted by molar-refractivity contribution is 5.76. The van der Waals surface area contributed by atoms with Crippen LogP contribution in [0, 0.1) is 19.8 Å².